The van der Waals surface area contributed by atoms with Crippen LogP contribution in [0.1, 0.15) is 44.7 Å². The first-order chi connectivity index (χ1) is 32.5. The standard InChI is InChI=1S/C49H47F2N11O5/c1-67-41-12-6-30(50)19-34(41)47(64)53-21-27-2-4-28(5-3-27)44-43-45(52)54-26-55-46(43)62(57-44)32-8-10-39(38(51)20-32)60-24-36-35(37(36)25-60)23-58-14-16-59(17-15-58)31-7-9-33-29(18-31)22-61(49(33)66)40-11-13-42(63)56-48(40)65/h2-10,12,18-20,26,35-37,40H,11,13-17,21-25H2,1H3,(H,53,64)(H2,52,54,55)(H,56,63,65)/t35?,36-,37?,40-/m0/s1. The average Bonchev–Trinajstić information content (AvgIpc) is 3.66. The highest BCUT2D eigenvalue weighted by molar-refractivity contribution is 6.05. The van der Waals surface area contributed by atoms with Gasteiger partial charge in [0.2, 0.25) is 11.8 Å². The van der Waals surface area contributed by atoms with Gasteiger partial charge in [0.15, 0.2) is 5.65 Å². The third-order valence-electron chi connectivity index (χ3n) is 14.2. The number of hydrogen-bond acceptors (Lipinski definition) is 12. The summed E-state index contributed by atoms with van der Waals surface area (Å²) in [5.74, 6) is -0.127. The summed E-state index contributed by atoms with van der Waals surface area (Å²) in [4.78, 5) is 67.5. The zero-order valence-electron chi connectivity index (χ0n) is 36.6. The zero-order chi connectivity index (χ0) is 46.1. The molecule has 4 atom stereocenters. The number of benzene rings is 4. The molecule has 4 fully saturated rings. The van der Waals surface area contributed by atoms with Crippen molar-refractivity contribution in [2.24, 2.45) is 17.8 Å². The molecule has 67 heavy (non-hydrogen) atoms. The molecule has 0 radical (unpaired) electrons. The van der Waals surface area contributed by atoms with Gasteiger partial charge >= 0.3 is 0 Å². The summed E-state index contributed by atoms with van der Waals surface area (Å²) in [6.07, 6.45) is 1.93. The van der Waals surface area contributed by atoms with E-state index >= 15 is 4.39 Å². The van der Waals surface area contributed by atoms with E-state index in [1.165, 1.54) is 31.6 Å². The first kappa shape index (κ1) is 42.2. The third-order valence-corrected chi connectivity index (χ3v) is 14.2. The van der Waals surface area contributed by atoms with Gasteiger partial charge in [0, 0.05) is 88.2 Å². The van der Waals surface area contributed by atoms with Crippen LogP contribution in [0.3, 0.4) is 0 Å². The Morgan fingerprint density at radius 3 is 2.42 bits per heavy atom. The van der Waals surface area contributed by atoms with Gasteiger partial charge in [-0.2, -0.15) is 5.10 Å². The molecule has 4 aliphatic heterocycles. The van der Waals surface area contributed by atoms with Crippen LogP contribution in [0.4, 0.5) is 26.0 Å². The Balaban J connectivity index is 0.698. The largest absolute Gasteiger partial charge is 0.496 e. The molecule has 16 nitrogen and oxygen atoms in total. The predicted octanol–water partition coefficient (Wildman–Crippen LogP) is 4.55. The van der Waals surface area contributed by atoms with Crippen LogP contribution in [-0.2, 0) is 22.7 Å². The Morgan fingerprint density at radius 1 is 0.896 bits per heavy atom. The zero-order valence-corrected chi connectivity index (χ0v) is 36.6. The van der Waals surface area contributed by atoms with Crippen LogP contribution in [0.25, 0.3) is 28.0 Å². The average molecular weight is 908 g/mol. The number of anilines is 3. The van der Waals surface area contributed by atoms with Crippen molar-refractivity contribution in [1.82, 2.24) is 40.2 Å². The lowest BCUT2D eigenvalue weighted by atomic mass is 10.0. The number of halogens is 2. The Bertz CT molecular complexity index is 2980. The number of nitrogens with two attached hydrogens (primary N) is 1. The molecule has 2 aromatic heterocycles. The molecular weight excluding hydrogens is 861 g/mol. The van der Waals surface area contributed by atoms with Gasteiger partial charge in [0.1, 0.15) is 41.3 Å². The van der Waals surface area contributed by atoms with E-state index in [9.17, 15) is 23.6 Å². The number of rotatable bonds is 11. The van der Waals surface area contributed by atoms with Crippen LogP contribution in [-0.4, -0.2) is 112 Å². The highest BCUT2D eigenvalue weighted by atomic mass is 19.1. The Hall–Kier alpha value is -7.47. The minimum absolute atomic E-state index is 0.0974. The van der Waals surface area contributed by atoms with Crippen molar-refractivity contribution in [3.8, 4) is 22.7 Å². The number of imide groups is 1. The quantitative estimate of drug-likeness (QED) is 0.155. The highest BCUT2D eigenvalue weighted by Crippen LogP contribution is 2.53. The molecule has 4 aromatic carbocycles. The Morgan fingerprint density at radius 2 is 1.67 bits per heavy atom. The van der Waals surface area contributed by atoms with E-state index in [2.05, 4.69) is 41.4 Å². The number of piperidine rings is 2. The fourth-order valence-corrected chi connectivity index (χ4v) is 10.5. The number of carbonyl (C=O) groups excluding carboxylic acids is 4. The number of ether oxygens (including phenoxy) is 1. The maximum atomic E-state index is 16.1. The number of amides is 4. The summed E-state index contributed by atoms with van der Waals surface area (Å²) in [7, 11) is 1.42. The van der Waals surface area contributed by atoms with Gasteiger partial charge in [-0.25, -0.2) is 23.4 Å². The van der Waals surface area contributed by atoms with Crippen molar-refractivity contribution < 1.29 is 32.7 Å². The summed E-state index contributed by atoms with van der Waals surface area (Å²) < 4.78 is 36.8. The smallest absolute Gasteiger partial charge is 0.255 e. The first-order valence-electron chi connectivity index (χ1n) is 22.5. The lowest BCUT2D eigenvalue weighted by Crippen LogP contribution is -2.52. The van der Waals surface area contributed by atoms with E-state index in [-0.39, 0.29) is 47.7 Å². The van der Waals surface area contributed by atoms with Crippen LogP contribution in [0.2, 0.25) is 0 Å². The molecule has 0 bridgehead atoms. The second-order valence-corrected chi connectivity index (χ2v) is 18.0. The van der Waals surface area contributed by atoms with E-state index in [0.717, 1.165) is 74.3 Å². The molecule has 11 rings (SSSR count). The second kappa shape index (κ2) is 16.8. The lowest BCUT2D eigenvalue weighted by molar-refractivity contribution is -0.136. The molecule has 0 spiro atoms. The molecule has 1 aliphatic carbocycles. The molecule has 4 amide bonds. The molecular formula is C49H47F2N11O5. The van der Waals surface area contributed by atoms with Crippen LogP contribution in [0.5, 0.6) is 5.75 Å². The van der Waals surface area contributed by atoms with Gasteiger partial charge in [-0.1, -0.05) is 24.3 Å². The number of aromatic nitrogens is 4. The fourth-order valence-electron chi connectivity index (χ4n) is 10.5. The summed E-state index contributed by atoms with van der Waals surface area (Å²) in [6, 6.07) is 21.6. The molecule has 342 valence electrons. The minimum Gasteiger partial charge on any atom is -0.496 e. The molecule has 5 aliphatic rings. The van der Waals surface area contributed by atoms with Crippen molar-refractivity contribution in [2.45, 2.75) is 32.0 Å². The summed E-state index contributed by atoms with van der Waals surface area (Å²) in [5.41, 5.74) is 12.6. The van der Waals surface area contributed by atoms with E-state index in [1.54, 1.807) is 9.58 Å². The van der Waals surface area contributed by atoms with Crippen molar-refractivity contribution in [2.75, 3.05) is 68.5 Å². The monoisotopic (exact) mass is 907 g/mol. The number of nitrogen functional groups attached to an aromatic ring is 1. The number of carbonyl (C=O) groups is 4. The van der Waals surface area contributed by atoms with Gasteiger partial charge in [-0.05, 0) is 83.8 Å². The summed E-state index contributed by atoms with van der Waals surface area (Å²) in [6.45, 7) is 6.74. The van der Waals surface area contributed by atoms with Crippen LogP contribution in [0, 0.1) is 29.4 Å². The first-order valence-corrected chi connectivity index (χ1v) is 22.5. The van der Waals surface area contributed by atoms with Crippen LogP contribution in [0.15, 0.2) is 85.2 Å². The number of fused-ring (bicyclic) bond motifs is 3. The number of hydrogen-bond donors (Lipinski definition) is 3. The highest BCUT2D eigenvalue weighted by Gasteiger charge is 2.56. The maximum absolute atomic E-state index is 16.1. The van der Waals surface area contributed by atoms with E-state index < -0.39 is 23.7 Å². The van der Waals surface area contributed by atoms with E-state index in [0.29, 0.717) is 64.4 Å². The molecule has 3 saturated heterocycles. The molecule has 18 heteroatoms. The van der Waals surface area contributed by atoms with Gasteiger partial charge in [-0.15, -0.1) is 0 Å². The van der Waals surface area contributed by atoms with Crippen molar-refractivity contribution in [3.63, 3.8) is 0 Å². The topological polar surface area (TPSA) is 184 Å². The van der Waals surface area contributed by atoms with Crippen LogP contribution >= 0.6 is 0 Å². The lowest BCUT2D eigenvalue weighted by Gasteiger charge is -2.37. The van der Waals surface area contributed by atoms with E-state index in [1.807, 2.05) is 48.5 Å². The summed E-state index contributed by atoms with van der Waals surface area (Å²) >= 11 is 0. The number of nitrogens with zero attached hydrogens (tertiary/aromatic N) is 8. The SMILES string of the molecule is COc1ccc(F)cc1C(=O)NCc1ccc(-c2nn(-c3ccc(N4CC5C(CN6CCN(c7ccc8c(c7)CN([C@H]7CCC(=O)NC7=O)C8=O)CC6)[C@@H]5C4)c(F)c3)c3ncnc(N)c23)cc1. The molecule has 6 heterocycles. The fraction of sp³-hybridized carbons (Fsp3) is 0.327. The Kier molecular flexibility index (Phi) is 10.5. The van der Waals surface area contributed by atoms with Gasteiger partial charge in [-0.3, -0.25) is 29.4 Å². The molecule has 6 aromatic rings. The third kappa shape index (κ3) is 7.73. The number of piperazine rings is 1. The minimum atomic E-state index is -0.628. The maximum Gasteiger partial charge on any atom is 0.255 e. The van der Waals surface area contributed by atoms with Gasteiger partial charge in [0.25, 0.3) is 11.8 Å². The van der Waals surface area contributed by atoms with Crippen molar-refractivity contribution in [1.29, 1.82) is 0 Å². The van der Waals surface area contributed by atoms with E-state index in [4.69, 9.17) is 15.6 Å². The van der Waals surface area contributed by atoms with Gasteiger partial charge in [0.05, 0.1) is 29.4 Å². The Labute approximate surface area is 383 Å². The predicted molar refractivity (Wildman–Crippen MR) is 244 cm³/mol. The second-order valence-electron chi connectivity index (χ2n) is 18.0. The van der Waals surface area contributed by atoms with Crippen LogP contribution < -0.4 is 30.9 Å². The molecule has 1 saturated carbocycles. The number of methoxy groups -OCH3 is 1. The van der Waals surface area contributed by atoms with Crippen molar-refractivity contribution >= 4 is 51.9 Å². The molecule has 2 unspecified atom stereocenters. The van der Waals surface area contributed by atoms with Gasteiger partial charge < -0.3 is 30.5 Å². The summed E-state index contributed by atoms with van der Waals surface area (Å²) in [5, 5.41) is 10.6. The molecule has 4 N–H and O–H groups in total. The normalized spacial score (nSPS) is 21.4. The van der Waals surface area contributed by atoms with Crippen molar-refractivity contribution in [3.05, 3.63) is 119 Å². The number of nitrogens with one attached hydrogen (secondary N) is 2.